The number of rotatable bonds is 6. The van der Waals surface area contributed by atoms with Crippen LogP contribution in [0.3, 0.4) is 0 Å². The molecule has 0 unspecified atom stereocenters. The minimum atomic E-state index is -0.371. The number of nitrogens with zero attached hydrogens (tertiary/aromatic N) is 3. The molecule has 0 aliphatic carbocycles. The van der Waals surface area contributed by atoms with Gasteiger partial charge in [-0.3, -0.25) is 24.3 Å². The molecule has 0 N–H and O–H groups in total. The van der Waals surface area contributed by atoms with Crippen molar-refractivity contribution in [2.45, 2.75) is 13.0 Å². The molecule has 0 radical (unpaired) electrons. The number of fused-ring (bicyclic) bond motifs is 1. The van der Waals surface area contributed by atoms with Crippen molar-refractivity contribution in [3.63, 3.8) is 0 Å². The van der Waals surface area contributed by atoms with Crippen molar-refractivity contribution in [1.29, 1.82) is 0 Å². The second kappa shape index (κ2) is 8.29. The van der Waals surface area contributed by atoms with Crippen molar-refractivity contribution in [1.82, 2.24) is 14.8 Å². The lowest BCUT2D eigenvalue weighted by Gasteiger charge is -2.17. The zero-order valence-electron chi connectivity index (χ0n) is 16.6. The van der Waals surface area contributed by atoms with Gasteiger partial charge in [-0.25, -0.2) is 0 Å². The fraction of sp³-hybridized carbons (Fsp3) is 0.167. The van der Waals surface area contributed by atoms with E-state index in [1.165, 1.54) is 11.0 Å². The number of amides is 3. The maximum atomic E-state index is 12.8. The quantitative estimate of drug-likeness (QED) is 0.597. The summed E-state index contributed by atoms with van der Waals surface area (Å²) in [5.74, 6) is -0.901. The summed E-state index contributed by atoms with van der Waals surface area (Å²) < 4.78 is 0. The molecule has 0 fully saturated rings. The lowest BCUT2D eigenvalue weighted by atomic mass is 10.0. The highest BCUT2D eigenvalue weighted by atomic mass is 16.2. The summed E-state index contributed by atoms with van der Waals surface area (Å²) in [5, 5.41) is 0. The van der Waals surface area contributed by atoms with E-state index in [0.717, 1.165) is 11.3 Å². The Morgan fingerprint density at radius 2 is 1.67 bits per heavy atom. The maximum absolute atomic E-state index is 12.8. The van der Waals surface area contributed by atoms with Gasteiger partial charge in [-0.1, -0.05) is 36.4 Å². The molecule has 150 valence electrons. The summed E-state index contributed by atoms with van der Waals surface area (Å²) in [6, 6.07) is 19.7. The molecule has 2 heterocycles. The van der Waals surface area contributed by atoms with Crippen LogP contribution in [0.25, 0.3) is 0 Å². The van der Waals surface area contributed by atoms with E-state index in [9.17, 15) is 14.4 Å². The topological polar surface area (TPSA) is 70.6 Å². The van der Waals surface area contributed by atoms with Gasteiger partial charge in [0.25, 0.3) is 17.7 Å². The number of pyridine rings is 1. The Morgan fingerprint density at radius 3 is 2.40 bits per heavy atom. The van der Waals surface area contributed by atoms with E-state index < -0.39 is 0 Å². The Kier molecular flexibility index (Phi) is 5.39. The average Bonchev–Trinajstić information content (AvgIpc) is 3.02. The molecule has 1 aliphatic heterocycles. The van der Waals surface area contributed by atoms with Crippen LogP contribution in [-0.2, 0) is 13.0 Å². The molecule has 3 aromatic rings. The lowest BCUT2D eigenvalue weighted by molar-refractivity contribution is 0.0642. The summed E-state index contributed by atoms with van der Waals surface area (Å²) in [6.07, 6.45) is 2.36. The number of hydrogen-bond donors (Lipinski definition) is 0. The van der Waals surface area contributed by atoms with Crippen molar-refractivity contribution in [2.24, 2.45) is 0 Å². The van der Waals surface area contributed by atoms with E-state index in [1.807, 2.05) is 48.5 Å². The third-order valence-electron chi connectivity index (χ3n) is 5.18. The second-order valence-corrected chi connectivity index (χ2v) is 7.24. The minimum Gasteiger partial charge on any atom is -0.341 e. The number of carbonyl (C=O) groups is 3. The largest absolute Gasteiger partial charge is 0.341 e. The summed E-state index contributed by atoms with van der Waals surface area (Å²) in [5.41, 5.74) is 2.78. The highest BCUT2D eigenvalue weighted by molar-refractivity contribution is 6.22. The lowest BCUT2D eigenvalue weighted by Crippen LogP contribution is -2.29. The van der Waals surface area contributed by atoms with Crippen molar-refractivity contribution in [2.75, 3.05) is 13.6 Å². The summed E-state index contributed by atoms with van der Waals surface area (Å²) >= 11 is 0. The van der Waals surface area contributed by atoms with Crippen LogP contribution in [0.15, 0.2) is 72.9 Å². The fourth-order valence-corrected chi connectivity index (χ4v) is 3.48. The van der Waals surface area contributed by atoms with Gasteiger partial charge in [0.2, 0.25) is 0 Å². The van der Waals surface area contributed by atoms with Crippen LogP contribution in [0.2, 0.25) is 0 Å². The molecule has 0 bridgehead atoms. The molecule has 2 aromatic carbocycles. The number of hydrogen-bond acceptors (Lipinski definition) is 4. The highest BCUT2D eigenvalue weighted by Gasteiger charge is 2.36. The smallest absolute Gasteiger partial charge is 0.261 e. The number of likely N-dealkylation sites (N-methyl/N-ethyl adjacent to an activating group) is 1. The number of benzene rings is 2. The molecule has 0 atom stereocenters. The van der Waals surface area contributed by atoms with Gasteiger partial charge in [0.1, 0.15) is 0 Å². The molecule has 6 heteroatoms. The number of carbonyl (C=O) groups excluding carboxylic acids is 3. The zero-order valence-corrected chi connectivity index (χ0v) is 16.6. The van der Waals surface area contributed by atoms with Gasteiger partial charge in [-0.2, -0.15) is 0 Å². The minimum absolute atomic E-state index is 0.199. The first-order chi connectivity index (χ1) is 14.5. The summed E-state index contributed by atoms with van der Waals surface area (Å²) in [6.45, 7) is 0.709. The van der Waals surface area contributed by atoms with Gasteiger partial charge in [0.15, 0.2) is 0 Å². The van der Waals surface area contributed by atoms with E-state index in [4.69, 9.17) is 0 Å². The van der Waals surface area contributed by atoms with Gasteiger partial charge >= 0.3 is 0 Å². The van der Waals surface area contributed by atoms with Crippen LogP contribution in [0.4, 0.5) is 0 Å². The summed E-state index contributed by atoms with van der Waals surface area (Å²) in [7, 11) is 1.72. The van der Waals surface area contributed by atoms with E-state index in [2.05, 4.69) is 4.98 Å². The number of imide groups is 1. The van der Waals surface area contributed by atoms with E-state index in [-0.39, 0.29) is 29.8 Å². The molecular formula is C24H21N3O3. The highest BCUT2D eigenvalue weighted by Crippen LogP contribution is 2.26. The van der Waals surface area contributed by atoms with Crippen LogP contribution in [-0.4, -0.2) is 46.1 Å². The predicted octanol–water partition coefficient (Wildman–Crippen LogP) is 3.19. The van der Waals surface area contributed by atoms with Gasteiger partial charge in [0, 0.05) is 37.5 Å². The van der Waals surface area contributed by atoms with Gasteiger partial charge in [-0.15, -0.1) is 0 Å². The molecule has 4 rings (SSSR count). The SMILES string of the molecule is CN(CCc1ccccn1)C(=O)c1ccc2c(c1)C(=O)N(Cc1ccccc1)C2=O. The van der Waals surface area contributed by atoms with Gasteiger partial charge in [0.05, 0.1) is 17.7 Å². The molecule has 1 aliphatic rings. The average molecular weight is 399 g/mol. The van der Waals surface area contributed by atoms with Gasteiger partial charge in [-0.05, 0) is 35.9 Å². The van der Waals surface area contributed by atoms with Crippen molar-refractivity contribution in [3.8, 4) is 0 Å². The monoisotopic (exact) mass is 399 g/mol. The van der Waals surface area contributed by atoms with Crippen molar-refractivity contribution < 1.29 is 14.4 Å². The molecule has 1 aromatic heterocycles. The van der Waals surface area contributed by atoms with Crippen LogP contribution in [0.1, 0.15) is 42.3 Å². The first-order valence-electron chi connectivity index (χ1n) is 9.74. The Morgan fingerprint density at radius 1 is 0.933 bits per heavy atom. The third-order valence-corrected chi connectivity index (χ3v) is 5.18. The van der Waals surface area contributed by atoms with Crippen molar-refractivity contribution >= 4 is 17.7 Å². The Hall–Kier alpha value is -3.80. The van der Waals surface area contributed by atoms with E-state index in [0.29, 0.717) is 24.1 Å². The first kappa shape index (κ1) is 19.5. The summed E-state index contributed by atoms with van der Waals surface area (Å²) in [4.78, 5) is 45.4. The van der Waals surface area contributed by atoms with Crippen LogP contribution in [0, 0.1) is 0 Å². The predicted molar refractivity (Wildman–Crippen MR) is 112 cm³/mol. The molecule has 0 spiro atoms. The van der Waals surface area contributed by atoms with Crippen LogP contribution < -0.4 is 0 Å². The number of aromatic nitrogens is 1. The van der Waals surface area contributed by atoms with Crippen LogP contribution in [0.5, 0.6) is 0 Å². The molecule has 0 saturated heterocycles. The first-order valence-corrected chi connectivity index (χ1v) is 9.74. The third kappa shape index (κ3) is 3.85. The zero-order chi connectivity index (χ0) is 21.1. The standard InChI is InChI=1S/C24H21N3O3/c1-26(14-12-19-9-5-6-13-25-19)22(28)18-10-11-20-21(15-18)24(30)27(23(20)29)16-17-7-3-2-4-8-17/h2-11,13,15H,12,14,16H2,1H3. The maximum Gasteiger partial charge on any atom is 0.261 e. The molecule has 30 heavy (non-hydrogen) atoms. The van der Waals surface area contributed by atoms with E-state index >= 15 is 0 Å². The molecule has 0 saturated carbocycles. The van der Waals surface area contributed by atoms with Gasteiger partial charge < -0.3 is 4.90 Å². The Balaban J connectivity index is 1.48. The second-order valence-electron chi connectivity index (χ2n) is 7.24. The molecule has 3 amide bonds. The van der Waals surface area contributed by atoms with E-state index in [1.54, 1.807) is 30.3 Å². The molecular weight excluding hydrogens is 378 g/mol. The van der Waals surface area contributed by atoms with Crippen molar-refractivity contribution in [3.05, 3.63) is 101 Å². The Labute approximate surface area is 174 Å². The normalized spacial score (nSPS) is 12.8. The van der Waals surface area contributed by atoms with Crippen LogP contribution >= 0.6 is 0 Å². The molecule has 6 nitrogen and oxygen atoms in total. The fourth-order valence-electron chi connectivity index (χ4n) is 3.48. The Bertz CT molecular complexity index is 1100.